The number of imidazole rings is 1. The number of aromatic hydroxyl groups is 1. The number of carbonyl (C=O) groups is 5. The Labute approximate surface area is 205 Å². The van der Waals surface area contributed by atoms with Gasteiger partial charge < -0.3 is 42.0 Å². The highest BCUT2D eigenvalue weighted by Crippen LogP contribution is 2.12. The highest BCUT2D eigenvalue weighted by atomic mass is 16.4. The van der Waals surface area contributed by atoms with Gasteiger partial charge in [0.15, 0.2) is 0 Å². The summed E-state index contributed by atoms with van der Waals surface area (Å²) >= 11 is 0. The van der Waals surface area contributed by atoms with Crippen molar-refractivity contribution in [3.8, 4) is 5.75 Å². The summed E-state index contributed by atoms with van der Waals surface area (Å²) in [5.41, 5.74) is 6.25. The van der Waals surface area contributed by atoms with Gasteiger partial charge in [0, 0.05) is 31.2 Å². The molecule has 0 saturated heterocycles. The number of carboxylic acid groups (broad SMARTS) is 2. The van der Waals surface area contributed by atoms with Crippen molar-refractivity contribution < 1.29 is 39.3 Å². The number of carbonyl (C=O) groups excluding carboxylic acids is 3. The zero-order chi connectivity index (χ0) is 26.7. The smallest absolute Gasteiger partial charge is 0.326 e. The van der Waals surface area contributed by atoms with Crippen LogP contribution >= 0.6 is 0 Å². The first-order valence-corrected chi connectivity index (χ1v) is 10.9. The number of nitrogens with one attached hydrogen (secondary N) is 4. The minimum absolute atomic E-state index is 0.00354. The second-order valence-electron chi connectivity index (χ2n) is 7.87. The third-order valence-electron chi connectivity index (χ3n) is 5.09. The van der Waals surface area contributed by atoms with E-state index in [0.717, 1.165) is 0 Å². The quantitative estimate of drug-likeness (QED) is 0.144. The number of nitrogens with two attached hydrogens (primary N) is 1. The fourth-order valence-electron chi connectivity index (χ4n) is 3.23. The highest BCUT2D eigenvalue weighted by molar-refractivity contribution is 5.94. The van der Waals surface area contributed by atoms with Gasteiger partial charge in [-0.3, -0.25) is 19.2 Å². The molecule has 0 bridgehead atoms. The number of H-pyrrole nitrogens is 1. The zero-order valence-corrected chi connectivity index (χ0v) is 19.1. The molecule has 36 heavy (non-hydrogen) atoms. The maximum atomic E-state index is 13.1. The maximum absolute atomic E-state index is 13.1. The predicted octanol–water partition coefficient (Wildman–Crippen LogP) is -1.74. The van der Waals surface area contributed by atoms with Crippen LogP contribution in [0.25, 0.3) is 0 Å². The third-order valence-corrected chi connectivity index (χ3v) is 5.09. The van der Waals surface area contributed by atoms with E-state index in [0.29, 0.717) is 11.3 Å². The molecule has 0 aliphatic carbocycles. The van der Waals surface area contributed by atoms with E-state index in [1.807, 2.05) is 0 Å². The Bertz CT molecular complexity index is 1060. The summed E-state index contributed by atoms with van der Waals surface area (Å²) in [6, 6.07) is 1.84. The third kappa shape index (κ3) is 9.06. The van der Waals surface area contributed by atoms with Crippen molar-refractivity contribution in [1.29, 1.82) is 0 Å². The first-order valence-electron chi connectivity index (χ1n) is 10.9. The molecule has 0 saturated carbocycles. The van der Waals surface area contributed by atoms with Crippen LogP contribution in [0.4, 0.5) is 0 Å². The molecule has 0 fully saturated rings. The number of aromatic amines is 1. The van der Waals surface area contributed by atoms with Crippen molar-refractivity contribution in [1.82, 2.24) is 25.9 Å². The number of nitrogens with zero attached hydrogens (tertiary/aromatic N) is 1. The topological polar surface area (TPSA) is 237 Å². The number of amides is 3. The molecule has 1 aromatic carbocycles. The van der Waals surface area contributed by atoms with Gasteiger partial charge >= 0.3 is 11.9 Å². The molecule has 14 nitrogen and oxygen atoms in total. The van der Waals surface area contributed by atoms with Gasteiger partial charge in [-0.2, -0.15) is 0 Å². The number of phenols is 1. The van der Waals surface area contributed by atoms with Crippen LogP contribution in [0, 0.1) is 0 Å². The molecule has 0 aliphatic rings. The molecule has 3 atom stereocenters. The van der Waals surface area contributed by atoms with Crippen LogP contribution in [0.1, 0.15) is 24.1 Å². The van der Waals surface area contributed by atoms with E-state index in [9.17, 15) is 34.2 Å². The van der Waals surface area contributed by atoms with Gasteiger partial charge in [0.1, 0.15) is 23.9 Å². The Morgan fingerprint density at radius 1 is 0.917 bits per heavy atom. The Kier molecular flexibility index (Phi) is 10.4. The second-order valence-corrected chi connectivity index (χ2v) is 7.87. The molecular formula is C22H28N6O8. The monoisotopic (exact) mass is 504 g/mol. The van der Waals surface area contributed by atoms with Crippen molar-refractivity contribution in [2.75, 3.05) is 6.54 Å². The number of hydrogen-bond acceptors (Lipinski definition) is 8. The van der Waals surface area contributed by atoms with Crippen LogP contribution in [0.5, 0.6) is 5.75 Å². The van der Waals surface area contributed by atoms with Gasteiger partial charge in [-0.25, -0.2) is 9.78 Å². The zero-order valence-electron chi connectivity index (χ0n) is 19.1. The molecule has 1 aromatic heterocycles. The fraction of sp³-hybridized carbons (Fsp3) is 0.364. The summed E-state index contributed by atoms with van der Waals surface area (Å²) in [5, 5.41) is 35.1. The van der Waals surface area contributed by atoms with E-state index < -0.39 is 60.8 Å². The van der Waals surface area contributed by atoms with E-state index in [1.165, 1.54) is 36.8 Å². The summed E-state index contributed by atoms with van der Waals surface area (Å²) < 4.78 is 0. The van der Waals surface area contributed by atoms with E-state index in [-0.39, 0.29) is 25.0 Å². The SMILES string of the molecule is NCC(=O)NC(CCC(=O)O)C(=O)NC(Cc1cnc[nH]1)C(=O)NC(Cc1ccc(O)cc1)C(=O)O. The Balaban J connectivity index is 2.20. The summed E-state index contributed by atoms with van der Waals surface area (Å²) in [6.07, 6.45) is 1.88. The maximum Gasteiger partial charge on any atom is 0.326 e. The summed E-state index contributed by atoms with van der Waals surface area (Å²) in [7, 11) is 0. The molecule has 2 rings (SSSR count). The molecule has 1 heterocycles. The predicted molar refractivity (Wildman–Crippen MR) is 123 cm³/mol. The Morgan fingerprint density at radius 3 is 2.11 bits per heavy atom. The van der Waals surface area contributed by atoms with Crippen LogP contribution in [0.3, 0.4) is 0 Å². The molecule has 0 radical (unpaired) electrons. The first kappa shape index (κ1) is 27.8. The van der Waals surface area contributed by atoms with Crippen molar-refractivity contribution in [2.45, 2.75) is 43.8 Å². The lowest BCUT2D eigenvalue weighted by Crippen LogP contribution is -2.57. The lowest BCUT2D eigenvalue weighted by molar-refractivity contribution is -0.142. The number of carboxylic acids is 2. The number of aliphatic carboxylic acids is 2. The van der Waals surface area contributed by atoms with Crippen LogP contribution in [-0.4, -0.2) is 79.6 Å². The van der Waals surface area contributed by atoms with Crippen molar-refractivity contribution in [2.24, 2.45) is 5.73 Å². The standard InChI is InChI=1S/C22H28N6O8/c23-9-18(30)26-15(5-6-19(31)32)20(33)27-16(8-13-10-24-11-25-13)21(34)28-17(22(35)36)7-12-1-3-14(29)4-2-12/h1-4,10-11,15-17,29H,5-9,23H2,(H,24,25)(H,26,30)(H,27,33)(H,28,34)(H,31,32)(H,35,36). The molecule has 194 valence electrons. The van der Waals surface area contributed by atoms with E-state index in [1.54, 1.807) is 0 Å². The molecule has 2 aromatic rings. The van der Waals surface area contributed by atoms with Gasteiger partial charge in [-0.1, -0.05) is 12.1 Å². The molecule has 3 unspecified atom stereocenters. The van der Waals surface area contributed by atoms with Crippen LogP contribution < -0.4 is 21.7 Å². The van der Waals surface area contributed by atoms with Gasteiger partial charge in [-0.15, -0.1) is 0 Å². The van der Waals surface area contributed by atoms with Crippen LogP contribution in [-0.2, 0) is 36.8 Å². The summed E-state index contributed by atoms with van der Waals surface area (Å²) in [6.45, 7) is -0.438. The van der Waals surface area contributed by atoms with E-state index in [2.05, 4.69) is 25.9 Å². The van der Waals surface area contributed by atoms with Gasteiger partial charge in [-0.05, 0) is 24.1 Å². The second kappa shape index (κ2) is 13.4. The molecule has 9 N–H and O–H groups in total. The molecular weight excluding hydrogens is 476 g/mol. The van der Waals surface area contributed by atoms with Crippen molar-refractivity contribution in [3.05, 3.63) is 48.0 Å². The van der Waals surface area contributed by atoms with Gasteiger partial charge in [0.25, 0.3) is 0 Å². The summed E-state index contributed by atoms with van der Waals surface area (Å²) in [5.74, 6) is -4.89. The average molecular weight is 505 g/mol. The number of rotatable bonds is 14. The first-order chi connectivity index (χ1) is 17.1. The van der Waals surface area contributed by atoms with Crippen molar-refractivity contribution in [3.63, 3.8) is 0 Å². The Morgan fingerprint density at radius 2 is 1.56 bits per heavy atom. The van der Waals surface area contributed by atoms with E-state index in [4.69, 9.17) is 10.8 Å². The Hall–Kier alpha value is -4.46. The van der Waals surface area contributed by atoms with Crippen LogP contribution in [0.2, 0.25) is 0 Å². The minimum Gasteiger partial charge on any atom is -0.508 e. The lowest BCUT2D eigenvalue weighted by Gasteiger charge is -2.24. The molecule has 14 heteroatoms. The number of phenolic OH excluding ortho intramolecular Hbond substituents is 1. The number of benzene rings is 1. The number of aromatic nitrogens is 2. The average Bonchev–Trinajstić information content (AvgIpc) is 3.34. The van der Waals surface area contributed by atoms with E-state index >= 15 is 0 Å². The minimum atomic E-state index is -1.36. The van der Waals surface area contributed by atoms with Gasteiger partial charge in [0.05, 0.1) is 12.9 Å². The highest BCUT2D eigenvalue weighted by Gasteiger charge is 2.30. The fourth-order valence-corrected chi connectivity index (χ4v) is 3.23. The normalized spacial score (nSPS) is 13.1. The molecule has 0 spiro atoms. The van der Waals surface area contributed by atoms with Gasteiger partial charge in [0.2, 0.25) is 17.7 Å². The number of hydrogen-bond donors (Lipinski definition) is 8. The summed E-state index contributed by atoms with van der Waals surface area (Å²) in [4.78, 5) is 67.1. The largest absolute Gasteiger partial charge is 0.508 e. The van der Waals surface area contributed by atoms with Crippen LogP contribution in [0.15, 0.2) is 36.8 Å². The van der Waals surface area contributed by atoms with Crippen molar-refractivity contribution >= 4 is 29.7 Å². The molecule has 3 amide bonds. The lowest BCUT2D eigenvalue weighted by atomic mass is 10.0. The molecule has 0 aliphatic heterocycles.